The molecule has 0 saturated carbocycles. The molecule has 0 bridgehead atoms. The van der Waals surface area contributed by atoms with E-state index in [0.717, 1.165) is 5.56 Å². The lowest BCUT2D eigenvalue weighted by Gasteiger charge is -2.15. The van der Waals surface area contributed by atoms with Crippen molar-refractivity contribution in [1.82, 2.24) is 9.97 Å². The molecule has 0 aliphatic heterocycles. The summed E-state index contributed by atoms with van der Waals surface area (Å²) in [5, 5.41) is 9.32. The van der Waals surface area contributed by atoms with Crippen molar-refractivity contribution in [2.45, 2.75) is 13.3 Å². The summed E-state index contributed by atoms with van der Waals surface area (Å²) in [6.07, 6.45) is 0.597. The first kappa shape index (κ1) is 23.9. The molecule has 2 amide bonds. The minimum atomic E-state index is -1.37. The van der Waals surface area contributed by atoms with Gasteiger partial charge in [0.25, 0.3) is 0 Å². The van der Waals surface area contributed by atoms with Crippen LogP contribution in [-0.4, -0.2) is 41.3 Å². The molecule has 5 N–H and O–H groups in total. The number of anilines is 3. The van der Waals surface area contributed by atoms with Crippen LogP contribution in [0.5, 0.6) is 11.5 Å². The number of ether oxygens (including phenoxy) is 2. The molecule has 1 heterocycles. The van der Waals surface area contributed by atoms with Gasteiger partial charge in [-0.1, -0.05) is 17.9 Å². The summed E-state index contributed by atoms with van der Waals surface area (Å²) in [6, 6.07) is 9.99. The number of nitrogen functional groups attached to an aromatic ring is 2. The molecule has 10 nitrogen and oxygen atoms in total. The van der Waals surface area contributed by atoms with E-state index in [0.29, 0.717) is 39.5 Å². The number of methoxy groups -OCH3 is 2. The van der Waals surface area contributed by atoms with Gasteiger partial charge >= 0.3 is 6.09 Å². The van der Waals surface area contributed by atoms with Crippen LogP contribution < -0.4 is 25.8 Å². The van der Waals surface area contributed by atoms with Crippen LogP contribution in [0.2, 0.25) is 0 Å². The molecule has 3 rings (SSSR count). The average molecular weight is 461 g/mol. The lowest BCUT2D eigenvalue weighted by molar-refractivity contribution is -0.116. The van der Waals surface area contributed by atoms with E-state index < -0.39 is 12.0 Å². The van der Waals surface area contributed by atoms with Gasteiger partial charge in [0.2, 0.25) is 11.9 Å². The third-order valence-electron chi connectivity index (χ3n) is 4.80. The molecule has 0 unspecified atom stereocenters. The van der Waals surface area contributed by atoms with Crippen molar-refractivity contribution in [2.24, 2.45) is 0 Å². The number of benzene rings is 2. The Hall–Kier alpha value is -4.78. The second-order valence-corrected chi connectivity index (χ2v) is 7.13. The summed E-state index contributed by atoms with van der Waals surface area (Å²) >= 11 is 0. The van der Waals surface area contributed by atoms with Gasteiger partial charge in [0.05, 0.1) is 25.5 Å². The van der Waals surface area contributed by atoms with Crippen LogP contribution in [-0.2, 0) is 11.2 Å². The molecule has 0 aliphatic carbocycles. The van der Waals surface area contributed by atoms with E-state index in [4.69, 9.17) is 20.9 Å². The van der Waals surface area contributed by atoms with Gasteiger partial charge < -0.3 is 26.0 Å². The standard InChI is InChI=1S/C24H23N5O5/c1-14(30)29(24(31)32)19-6-4-5-15(11-19)7-8-17-9-16(12-20(33-2)21(17)34-3)10-18-13-27-23(26)28-22(18)25/h4-6,9,11-13H,10H2,1-3H3,(H,31,32)(H4,25,26,27,28). The maximum absolute atomic E-state index is 11.7. The van der Waals surface area contributed by atoms with E-state index >= 15 is 0 Å². The van der Waals surface area contributed by atoms with Gasteiger partial charge in [0, 0.05) is 30.7 Å². The summed E-state index contributed by atoms with van der Waals surface area (Å²) in [4.78, 5) is 31.8. The minimum absolute atomic E-state index is 0.0913. The Morgan fingerprint density at radius 3 is 2.50 bits per heavy atom. The number of rotatable bonds is 5. The SMILES string of the molecule is COc1cc(Cc2cnc(N)nc2N)cc(C#Cc2cccc(N(C(C)=O)C(=O)O)c2)c1OC. The van der Waals surface area contributed by atoms with Gasteiger partial charge in [-0.15, -0.1) is 0 Å². The smallest absolute Gasteiger partial charge is 0.418 e. The summed E-state index contributed by atoms with van der Waals surface area (Å²) in [6.45, 7) is 1.17. The van der Waals surface area contributed by atoms with Gasteiger partial charge in [0.15, 0.2) is 11.5 Å². The third kappa shape index (κ3) is 5.34. The Balaban J connectivity index is 2.02. The fraction of sp³-hybridized carbons (Fsp3) is 0.167. The molecule has 3 aromatic rings. The predicted molar refractivity (Wildman–Crippen MR) is 127 cm³/mol. The van der Waals surface area contributed by atoms with Crippen molar-refractivity contribution in [2.75, 3.05) is 30.6 Å². The van der Waals surface area contributed by atoms with Gasteiger partial charge in [-0.3, -0.25) is 4.79 Å². The lowest BCUT2D eigenvalue weighted by Crippen LogP contribution is -2.33. The molecular weight excluding hydrogens is 438 g/mol. The number of nitrogens with two attached hydrogens (primary N) is 2. The number of nitrogens with zero attached hydrogens (tertiary/aromatic N) is 3. The van der Waals surface area contributed by atoms with Crippen molar-refractivity contribution in [3.8, 4) is 23.3 Å². The number of carboxylic acid groups (broad SMARTS) is 1. The largest absolute Gasteiger partial charge is 0.493 e. The molecule has 0 spiro atoms. The average Bonchev–Trinajstić information content (AvgIpc) is 2.79. The zero-order chi connectivity index (χ0) is 24.8. The second-order valence-electron chi connectivity index (χ2n) is 7.13. The van der Waals surface area contributed by atoms with Crippen LogP contribution in [0.15, 0.2) is 42.6 Å². The van der Waals surface area contributed by atoms with E-state index in [1.54, 1.807) is 24.4 Å². The molecule has 2 aromatic carbocycles. The highest BCUT2D eigenvalue weighted by Crippen LogP contribution is 2.33. The van der Waals surface area contributed by atoms with E-state index in [-0.39, 0.29) is 17.5 Å². The first-order valence-corrected chi connectivity index (χ1v) is 10.0. The normalized spacial score (nSPS) is 10.1. The number of imide groups is 1. The molecule has 10 heteroatoms. The fourth-order valence-corrected chi connectivity index (χ4v) is 3.30. The summed E-state index contributed by atoms with van der Waals surface area (Å²) in [5.74, 6) is 6.69. The van der Waals surface area contributed by atoms with E-state index in [1.807, 2.05) is 6.07 Å². The molecule has 0 saturated heterocycles. The molecule has 174 valence electrons. The highest BCUT2D eigenvalue weighted by Gasteiger charge is 2.19. The molecular formula is C24H23N5O5. The third-order valence-corrected chi connectivity index (χ3v) is 4.80. The zero-order valence-electron chi connectivity index (χ0n) is 18.8. The van der Waals surface area contributed by atoms with Crippen molar-refractivity contribution in [3.63, 3.8) is 0 Å². The predicted octanol–water partition coefficient (Wildman–Crippen LogP) is 2.68. The maximum Gasteiger partial charge on any atom is 0.418 e. The Morgan fingerprint density at radius 1 is 1.12 bits per heavy atom. The van der Waals surface area contributed by atoms with Crippen LogP contribution in [0.1, 0.15) is 29.2 Å². The van der Waals surface area contributed by atoms with Crippen LogP contribution in [0.4, 0.5) is 22.2 Å². The Kier molecular flexibility index (Phi) is 7.18. The second kappa shape index (κ2) is 10.2. The van der Waals surface area contributed by atoms with Crippen LogP contribution in [0, 0.1) is 11.8 Å². The van der Waals surface area contributed by atoms with E-state index in [2.05, 4.69) is 21.8 Å². The van der Waals surface area contributed by atoms with Crippen LogP contribution in [0.3, 0.4) is 0 Å². The van der Waals surface area contributed by atoms with Gasteiger partial charge in [-0.05, 0) is 35.9 Å². The minimum Gasteiger partial charge on any atom is -0.493 e. The van der Waals surface area contributed by atoms with Crippen molar-refractivity contribution >= 4 is 29.5 Å². The molecule has 0 atom stereocenters. The highest BCUT2D eigenvalue weighted by molar-refractivity contribution is 6.10. The van der Waals surface area contributed by atoms with Crippen molar-refractivity contribution in [1.29, 1.82) is 0 Å². The molecule has 0 aliphatic rings. The molecule has 0 radical (unpaired) electrons. The van der Waals surface area contributed by atoms with Gasteiger partial charge in [0.1, 0.15) is 5.82 Å². The van der Waals surface area contributed by atoms with Crippen LogP contribution in [0.25, 0.3) is 0 Å². The summed E-state index contributed by atoms with van der Waals surface area (Å²) in [7, 11) is 3.03. The Labute approximate surface area is 196 Å². The number of aromatic nitrogens is 2. The molecule has 34 heavy (non-hydrogen) atoms. The van der Waals surface area contributed by atoms with Crippen molar-refractivity contribution in [3.05, 3.63) is 64.8 Å². The quantitative estimate of drug-likeness (QED) is 0.486. The lowest BCUT2D eigenvalue weighted by atomic mass is 10.0. The van der Waals surface area contributed by atoms with E-state index in [9.17, 15) is 14.7 Å². The number of hydrogen-bond donors (Lipinski definition) is 3. The summed E-state index contributed by atoms with van der Waals surface area (Å²) in [5.41, 5.74) is 14.3. The van der Waals surface area contributed by atoms with Crippen molar-refractivity contribution < 1.29 is 24.2 Å². The number of carbonyl (C=O) groups excluding carboxylic acids is 1. The van der Waals surface area contributed by atoms with Gasteiger partial charge in [-0.25, -0.2) is 14.7 Å². The van der Waals surface area contributed by atoms with Gasteiger partial charge in [-0.2, -0.15) is 4.98 Å². The highest BCUT2D eigenvalue weighted by atomic mass is 16.5. The topological polar surface area (TPSA) is 154 Å². The molecule has 1 aromatic heterocycles. The first-order chi connectivity index (χ1) is 16.2. The van der Waals surface area contributed by atoms with E-state index in [1.165, 1.54) is 33.3 Å². The molecule has 0 fully saturated rings. The summed E-state index contributed by atoms with van der Waals surface area (Å²) < 4.78 is 11.0. The number of amides is 2. The number of carbonyl (C=O) groups is 2. The Bertz CT molecular complexity index is 1300. The Morgan fingerprint density at radius 2 is 1.88 bits per heavy atom. The maximum atomic E-state index is 11.7. The fourth-order valence-electron chi connectivity index (χ4n) is 3.30. The zero-order valence-corrected chi connectivity index (χ0v) is 18.8. The number of hydrogen-bond acceptors (Lipinski definition) is 8. The van der Waals surface area contributed by atoms with Crippen LogP contribution >= 0.6 is 0 Å². The first-order valence-electron chi connectivity index (χ1n) is 10.0. The monoisotopic (exact) mass is 461 g/mol.